The van der Waals surface area contributed by atoms with E-state index in [2.05, 4.69) is 13.8 Å². The van der Waals surface area contributed by atoms with Crippen molar-refractivity contribution in [3.63, 3.8) is 0 Å². The molecule has 0 bridgehead atoms. The number of halogens is 1. The summed E-state index contributed by atoms with van der Waals surface area (Å²) in [5.74, 6) is 1.20. The van der Waals surface area contributed by atoms with Crippen LogP contribution in [0.25, 0.3) is 0 Å². The van der Waals surface area contributed by atoms with Crippen molar-refractivity contribution in [2.24, 2.45) is 5.92 Å². The largest absolute Gasteiger partial charge is 0.381 e. The summed E-state index contributed by atoms with van der Waals surface area (Å²) in [7, 11) is 0. The molecule has 0 radical (unpaired) electrons. The Bertz CT molecular complexity index is 66.3. The van der Waals surface area contributed by atoms with Crippen LogP contribution in [0.4, 0.5) is 0 Å². The van der Waals surface area contributed by atoms with E-state index in [1.807, 2.05) is 0 Å². The molecule has 0 rings (SSSR count). The average molecular weight is 165 g/mol. The van der Waals surface area contributed by atoms with Crippen LogP contribution in [0.5, 0.6) is 0 Å². The molecule has 0 spiro atoms. The highest BCUT2D eigenvalue weighted by Crippen LogP contribution is 1.99. The van der Waals surface area contributed by atoms with Crippen LogP contribution in [0.2, 0.25) is 0 Å². The SMILES string of the molecule is CCCCOCC(C)CCl. The van der Waals surface area contributed by atoms with Crippen molar-refractivity contribution in [2.45, 2.75) is 26.7 Å². The lowest BCUT2D eigenvalue weighted by atomic mass is 10.2. The summed E-state index contributed by atoms with van der Waals surface area (Å²) in [6, 6.07) is 0. The Hall–Kier alpha value is 0.250. The maximum absolute atomic E-state index is 5.58. The van der Waals surface area contributed by atoms with Crippen LogP contribution in [0.1, 0.15) is 26.7 Å². The molecule has 0 aliphatic carbocycles. The highest BCUT2D eigenvalue weighted by Gasteiger charge is 1.97. The first-order valence-electron chi connectivity index (χ1n) is 3.95. The molecule has 0 heterocycles. The van der Waals surface area contributed by atoms with Crippen molar-refractivity contribution >= 4 is 11.6 Å². The first-order valence-corrected chi connectivity index (χ1v) is 4.48. The molecule has 2 heteroatoms. The van der Waals surface area contributed by atoms with E-state index in [4.69, 9.17) is 16.3 Å². The molecule has 0 aliphatic heterocycles. The molecule has 0 fully saturated rings. The molecule has 0 N–H and O–H groups in total. The highest BCUT2D eigenvalue weighted by molar-refractivity contribution is 6.18. The smallest absolute Gasteiger partial charge is 0.0503 e. The Morgan fingerprint density at radius 2 is 2.20 bits per heavy atom. The summed E-state index contributed by atoms with van der Waals surface area (Å²) in [5, 5.41) is 0. The lowest BCUT2D eigenvalue weighted by Gasteiger charge is -2.07. The van der Waals surface area contributed by atoms with E-state index in [0.29, 0.717) is 11.8 Å². The lowest BCUT2D eigenvalue weighted by Crippen LogP contribution is -2.07. The predicted octanol–water partition coefficient (Wildman–Crippen LogP) is 2.68. The molecule has 0 aromatic carbocycles. The van der Waals surface area contributed by atoms with Crippen molar-refractivity contribution in [1.29, 1.82) is 0 Å². The molecule has 62 valence electrons. The van der Waals surface area contributed by atoms with Crippen LogP contribution in [0.15, 0.2) is 0 Å². The van der Waals surface area contributed by atoms with Crippen LogP contribution >= 0.6 is 11.6 Å². The van der Waals surface area contributed by atoms with Crippen molar-refractivity contribution in [3.05, 3.63) is 0 Å². The Morgan fingerprint density at radius 1 is 1.50 bits per heavy atom. The van der Waals surface area contributed by atoms with Crippen LogP contribution in [-0.2, 0) is 4.74 Å². The normalized spacial score (nSPS) is 13.5. The van der Waals surface area contributed by atoms with Crippen molar-refractivity contribution in [2.75, 3.05) is 19.1 Å². The third-order valence-electron chi connectivity index (χ3n) is 1.31. The third kappa shape index (κ3) is 6.37. The van der Waals surface area contributed by atoms with E-state index in [1.54, 1.807) is 0 Å². The second kappa shape index (κ2) is 7.36. The Labute approximate surface area is 68.7 Å². The summed E-state index contributed by atoms with van der Waals surface area (Å²) in [5.41, 5.74) is 0. The molecular weight excluding hydrogens is 148 g/mol. The summed E-state index contributed by atoms with van der Waals surface area (Å²) < 4.78 is 5.34. The predicted molar refractivity (Wildman–Crippen MR) is 45.6 cm³/mol. The van der Waals surface area contributed by atoms with Gasteiger partial charge in [-0.25, -0.2) is 0 Å². The number of alkyl halides is 1. The monoisotopic (exact) mass is 164 g/mol. The Kier molecular flexibility index (Phi) is 7.54. The van der Waals surface area contributed by atoms with Crippen LogP contribution in [-0.4, -0.2) is 19.1 Å². The number of unbranched alkanes of at least 4 members (excludes halogenated alkanes) is 1. The van der Waals surface area contributed by atoms with Gasteiger partial charge in [-0.3, -0.25) is 0 Å². The van der Waals surface area contributed by atoms with Crippen LogP contribution < -0.4 is 0 Å². The van der Waals surface area contributed by atoms with Gasteiger partial charge in [0.15, 0.2) is 0 Å². The number of rotatable bonds is 6. The van der Waals surface area contributed by atoms with Gasteiger partial charge in [-0.1, -0.05) is 20.3 Å². The Morgan fingerprint density at radius 3 is 2.70 bits per heavy atom. The zero-order valence-corrected chi connectivity index (χ0v) is 7.66. The van der Waals surface area contributed by atoms with Crippen LogP contribution in [0, 0.1) is 5.92 Å². The molecule has 1 unspecified atom stereocenters. The summed E-state index contributed by atoms with van der Waals surface area (Å²) in [6.45, 7) is 5.95. The topological polar surface area (TPSA) is 9.23 Å². The van der Waals surface area contributed by atoms with Gasteiger partial charge in [0.2, 0.25) is 0 Å². The van der Waals surface area contributed by atoms with Gasteiger partial charge in [-0.15, -0.1) is 11.6 Å². The lowest BCUT2D eigenvalue weighted by molar-refractivity contribution is 0.108. The molecule has 10 heavy (non-hydrogen) atoms. The van der Waals surface area contributed by atoms with Gasteiger partial charge in [0.05, 0.1) is 6.61 Å². The van der Waals surface area contributed by atoms with Gasteiger partial charge in [-0.2, -0.15) is 0 Å². The highest BCUT2D eigenvalue weighted by atomic mass is 35.5. The van der Waals surface area contributed by atoms with Gasteiger partial charge in [0, 0.05) is 12.5 Å². The van der Waals surface area contributed by atoms with E-state index in [1.165, 1.54) is 6.42 Å². The Balaban J connectivity index is 2.89. The first-order chi connectivity index (χ1) is 4.81. The molecule has 1 atom stereocenters. The molecule has 0 saturated carbocycles. The summed E-state index contributed by atoms with van der Waals surface area (Å²) >= 11 is 5.58. The molecule has 0 aliphatic rings. The van der Waals surface area contributed by atoms with Crippen molar-refractivity contribution in [1.82, 2.24) is 0 Å². The van der Waals surface area contributed by atoms with Gasteiger partial charge in [-0.05, 0) is 12.3 Å². The van der Waals surface area contributed by atoms with Gasteiger partial charge >= 0.3 is 0 Å². The second-order valence-electron chi connectivity index (χ2n) is 2.69. The minimum absolute atomic E-state index is 0.499. The number of hydrogen-bond acceptors (Lipinski definition) is 1. The average Bonchev–Trinajstić information content (AvgIpc) is 1.98. The van der Waals surface area contributed by atoms with E-state index in [-0.39, 0.29) is 0 Å². The molecule has 0 amide bonds. The second-order valence-corrected chi connectivity index (χ2v) is 3.00. The van der Waals surface area contributed by atoms with Crippen LogP contribution in [0.3, 0.4) is 0 Å². The number of hydrogen-bond donors (Lipinski definition) is 0. The number of ether oxygens (including phenoxy) is 1. The maximum atomic E-state index is 5.58. The molecular formula is C8H17ClO. The maximum Gasteiger partial charge on any atom is 0.0503 e. The fraction of sp³-hybridized carbons (Fsp3) is 1.00. The van der Waals surface area contributed by atoms with E-state index < -0.39 is 0 Å². The minimum atomic E-state index is 0.499. The standard InChI is InChI=1S/C8H17ClO/c1-3-4-5-10-7-8(2)6-9/h8H,3-7H2,1-2H3. The van der Waals surface area contributed by atoms with E-state index in [9.17, 15) is 0 Å². The van der Waals surface area contributed by atoms with E-state index in [0.717, 1.165) is 19.6 Å². The molecule has 0 aromatic heterocycles. The van der Waals surface area contributed by atoms with Gasteiger partial charge in [0.1, 0.15) is 0 Å². The van der Waals surface area contributed by atoms with E-state index >= 15 is 0 Å². The zero-order chi connectivity index (χ0) is 7.82. The third-order valence-corrected chi connectivity index (χ3v) is 1.83. The first kappa shape index (κ1) is 10.2. The summed E-state index contributed by atoms with van der Waals surface area (Å²) in [6.07, 6.45) is 2.37. The quantitative estimate of drug-likeness (QED) is 0.433. The minimum Gasteiger partial charge on any atom is -0.381 e. The van der Waals surface area contributed by atoms with Gasteiger partial charge < -0.3 is 4.74 Å². The summed E-state index contributed by atoms with van der Waals surface area (Å²) in [4.78, 5) is 0. The van der Waals surface area contributed by atoms with Crippen molar-refractivity contribution in [3.8, 4) is 0 Å². The van der Waals surface area contributed by atoms with Crippen molar-refractivity contribution < 1.29 is 4.74 Å². The fourth-order valence-electron chi connectivity index (χ4n) is 0.575. The zero-order valence-electron chi connectivity index (χ0n) is 6.90. The molecule has 1 nitrogen and oxygen atoms in total. The molecule has 0 aromatic rings. The molecule has 0 saturated heterocycles. The van der Waals surface area contributed by atoms with Gasteiger partial charge in [0.25, 0.3) is 0 Å². The fourth-order valence-corrected chi connectivity index (χ4v) is 0.665.